The summed E-state index contributed by atoms with van der Waals surface area (Å²) in [6.45, 7) is 9.59. The third kappa shape index (κ3) is 3.83. The van der Waals surface area contributed by atoms with E-state index in [-0.39, 0.29) is 5.41 Å². The van der Waals surface area contributed by atoms with Gasteiger partial charge in [-0.15, -0.1) is 0 Å². The maximum Gasteiger partial charge on any atom is 0.223 e. The van der Waals surface area contributed by atoms with Gasteiger partial charge in [0.05, 0.1) is 0 Å². The van der Waals surface area contributed by atoms with Gasteiger partial charge in [0.1, 0.15) is 0 Å². The molecular formula is C11H20N4. The third-order valence-electron chi connectivity index (χ3n) is 2.26. The molecule has 0 aliphatic rings. The van der Waals surface area contributed by atoms with E-state index >= 15 is 0 Å². The van der Waals surface area contributed by atoms with Gasteiger partial charge in [-0.25, -0.2) is 9.97 Å². The fourth-order valence-electron chi connectivity index (χ4n) is 1.20. The predicted molar refractivity (Wildman–Crippen MR) is 62.8 cm³/mol. The first-order valence-corrected chi connectivity index (χ1v) is 5.19. The van der Waals surface area contributed by atoms with Crippen LogP contribution in [0.2, 0.25) is 0 Å². The highest BCUT2D eigenvalue weighted by atomic mass is 15.1. The molecule has 0 radical (unpaired) electrons. The third-order valence-corrected chi connectivity index (χ3v) is 2.26. The Morgan fingerprint density at radius 3 is 2.27 bits per heavy atom. The summed E-state index contributed by atoms with van der Waals surface area (Å²) < 4.78 is 0. The predicted octanol–water partition coefficient (Wildman–Crippen LogP) is 1.49. The van der Waals surface area contributed by atoms with Gasteiger partial charge in [0.2, 0.25) is 5.95 Å². The molecule has 1 heterocycles. The van der Waals surface area contributed by atoms with Gasteiger partial charge in [-0.2, -0.15) is 0 Å². The number of rotatable bonds is 4. The Balaban J connectivity index is 2.65. The van der Waals surface area contributed by atoms with Crippen molar-refractivity contribution in [1.82, 2.24) is 9.97 Å². The molecule has 4 nitrogen and oxygen atoms in total. The van der Waals surface area contributed by atoms with Crippen LogP contribution in [0.3, 0.4) is 0 Å². The van der Waals surface area contributed by atoms with E-state index in [1.807, 2.05) is 19.9 Å². The lowest BCUT2D eigenvalue weighted by Gasteiger charge is -2.22. The van der Waals surface area contributed by atoms with Gasteiger partial charge >= 0.3 is 0 Å². The van der Waals surface area contributed by atoms with Crippen LogP contribution in [0.4, 0.5) is 5.95 Å². The minimum absolute atomic E-state index is 0.0704. The molecule has 1 aromatic heterocycles. The molecular weight excluding hydrogens is 188 g/mol. The van der Waals surface area contributed by atoms with Crippen LogP contribution in [0.1, 0.15) is 25.2 Å². The van der Waals surface area contributed by atoms with E-state index in [0.29, 0.717) is 12.5 Å². The second-order valence-electron chi connectivity index (χ2n) is 4.70. The first-order chi connectivity index (χ1) is 6.93. The number of nitrogens with zero attached hydrogens (tertiary/aromatic N) is 2. The summed E-state index contributed by atoms with van der Waals surface area (Å²) in [5, 5.41) is 3.22. The van der Waals surface area contributed by atoms with Crippen molar-refractivity contribution in [2.75, 3.05) is 18.4 Å². The van der Waals surface area contributed by atoms with Crippen LogP contribution < -0.4 is 11.1 Å². The monoisotopic (exact) mass is 208 g/mol. The molecule has 15 heavy (non-hydrogen) atoms. The SMILES string of the molecule is Cc1cc(C)nc(NCC(C)(C)CN)n1. The van der Waals surface area contributed by atoms with Crippen LogP contribution in [-0.2, 0) is 0 Å². The van der Waals surface area contributed by atoms with E-state index in [4.69, 9.17) is 5.73 Å². The molecule has 84 valence electrons. The van der Waals surface area contributed by atoms with Crippen LogP contribution in [0, 0.1) is 19.3 Å². The Bertz CT molecular complexity index is 313. The maximum atomic E-state index is 5.65. The van der Waals surface area contributed by atoms with E-state index in [0.717, 1.165) is 17.9 Å². The molecule has 3 N–H and O–H groups in total. The molecule has 0 fully saturated rings. The number of nitrogens with one attached hydrogen (secondary N) is 1. The number of anilines is 1. The molecule has 4 heteroatoms. The minimum atomic E-state index is 0.0704. The second-order valence-corrected chi connectivity index (χ2v) is 4.70. The van der Waals surface area contributed by atoms with Crippen molar-refractivity contribution < 1.29 is 0 Å². The molecule has 0 amide bonds. The normalized spacial score (nSPS) is 11.5. The molecule has 0 atom stereocenters. The largest absolute Gasteiger partial charge is 0.354 e. The highest BCUT2D eigenvalue weighted by molar-refractivity contribution is 5.27. The first-order valence-electron chi connectivity index (χ1n) is 5.19. The van der Waals surface area contributed by atoms with E-state index in [1.165, 1.54) is 0 Å². The molecule has 0 spiro atoms. The lowest BCUT2D eigenvalue weighted by Crippen LogP contribution is -2.31. The Hall–Kier alpha value is -1.16. The lowest BCUT2D eigenvalue weighted by molar-refractivity contribution is 0.404. The van der Waals surface area contributed by atoms with Gasteiger partial charge in [0.15, 0.2) is 0 Å². The van der Waals surface area contributed by atoms with Crippen LogP contribution in [0.15, 0.2) is 6.07 Å². The maximum absolute atomic E-state index is 5.65. The molecule has 0 unspecified atom stereocenters. The zero-order chi connectivity index (χ0) is 11.5. The second kappa shape index (κ2) is 4.57. The zero-order valence-corrected chi connectivity index (χ0v) is 9.96. The minimum Gasteiger partial charge on any atom is -0.354 e. The summed E-state index contributed by atoms with van der Waals surface area (Å²) in [7, 11) is 0. The van der Waals surface area contributed by atoms with E-state index < -0.39 is 0 Å². The van der Waals surface area contributed by atoms with Gasteiger partial charge in [-0.1, -0.05) is 13.8 Å². The summed E-state index contributed by atoms with van der Waals surface area (Å²) in [6, 6.07) is 1.96. The number of nitrogens with two attached hydrogens (primary N) is 1. The standard InChI is InChI=1S/C11H20N4/c1-8-5-9(2)15-10(14-8)13-7-11(3,4)6-12/h5H,6-7,12H2,1-4H3,(H,13,14,15). The summed E-state index contributed by atoms with van der Waals surface area (Å²) >= 11 is 0. The molecule has 0 bridgehead atoms. The summed E-state index contributed by atoms with van der Waals surface area (Å²) in [5.41, 5.74) is 7.68. The average Bonchev–Trinajstić information content (AvgIpc) is 2.14. The van der Waals surface area contributed by atoms with Crippen LogP contribution in [-0.4, -0.2) is 23.1 Å². The molecule has 0 aliphatic heterocycles. The topological polar surface area (TPSA) is 63.8 Å². The highest BCUT2D eigenvalue weighted by Gasteiger charge is 2.15. The smallest absolute Gasteiger partial charge is 0.223 e. The number of hydrogen-bond acceptors (Lipinski definition) is 4. The fraction of sp³-hybridized carbons (Fsp3) is 0.636. The van der Waals surface area contributed by atoms with E-state index in [1.54, 1.807) is 0 Å². The Morgan fingerprint density at radius 1 is 1.27 bits per heavy atom. The molecule has 1 rings (SSSR count). The van der Waals surface area contributed by atoms with Crippen molar-refractivity contribution in [3.63, 3.8) is 0 Å². The first kappa shape index (κ1) is 11.9. The van der Waals surface area contributed by atoms with Gasteiger partial charge in [0, 0.05) is 17.9 Å². The molecule has 0 saturated carbocycles. The summed E-state index contributed by atoms with van der Waals surface area (Å²) in [4.78, 5) is 8.62. The van der Waals surface area contributed by atoms with Gasteiger partial charge in [-0.05, 0) is 31.9 Å². The average molecular weight is 208 g/mol. The Labute approximate surface area is 91.3 Å². The van der Waals surface area contributed by atoms with Crippen molar-refractivity contribution in [2.45, 2.75) is 27.7 Å². The number of hydrogen-bond donors (Lipinski definition) is 2. The summed E-state index contributed by atoms with van der Waals surface area (Å²) in [6.07, 6.45) is 0. The quantitative estimate of drug-likeness (QED) is 0.787. The van der Waals surface area contributed by atoms with Crippen molar-refractivity contribution in [3.05, 3.63) is 17.5 Å². The van der Waals surface area contributed by atoms with Crippen molar-refractivity contribution in [2.24, 2.45) is 11.1 Å². The van der Waals surface area contributed by atoms with Gasteiger partial charge in [0.25, 0.3) is 0 Å². The van der Waals surface area contributed by atoms with Crippen LogP contribution in [0.25, 0.3) is 0 Å². The van der Waals surface area contributed by atoms with Crippen molar-refractivity contribution in [3.8, 4) is 0 Å². The van der Waals surface area contributed by atoms with Crippen molar-refractivity contribution in [1.29, 1.82) is 0 Å². The fourth-order valence-corrected chi connectivity index (χ4v) is 1.20. The summed E-state index contributed by atoms with van der Waals surface area (Å²) in [5.74, 6) is 0.689. The van der Waals surface area contributed by atoms with E-state index in [2.05, 4.69) is 29.1 Å². The molecule has 1 aromatic rings. The zero-order valence-electron chi connectivity index (χ0n) is 9.96. The van der Waals surface area contributed by atoms with Crippen LogP contribution in [0.5, 0.6) is 0 Å². The molecule has 0 saturated heterocycles. The lowest BCUT2D eigenvalue weighted by atomic mass is 9.94. The Morgan fingerprint density at radius 2 is 1.80 bits per heavy atom. The highest BCUT2D eigenvalue weighted by Crippen LogP contribution is 2.13. The number of aromatic nitrogens is 2. The van der Waals surface area contributed by atoms with Crippen LogP contribution >= 0.6 is 0 Å². The van der Waals surface area contributed by atoms with Gasteiger partial charge < -0.3 is 11.1 Å². The molecule has 0 aliphatic carbocycles. The Kier molecular flexibility index (Phi) is 3.63. The van der Waals surface area contributed by atoms with Crippen molar-refractivity contribution >= 4 is 5.95 Å². The number of aryl methyl sites for hydroxylation is 2. The molecule has 0 aromatic carbocycles. The van der Waals surface area contributed by atoms with E-state index in [9.17, 15) is 0 Å². The van der Waals surface area contributed by atoms with Gasteiger partial charge in [-0.3, -0.25) is 0 Å².